The second-order valence-electron chi connectivity index (χ2n) is 7.92. The van der Waals surface area contributed by atoms with Crippen LogP contribution in [0.25, 0.3) is 0 Å². The van der Waals surface area contributed by atoms with E-state index < -0.39 is 30.2 Å². The molecule has 0 aromatic heterocycles. The Bertz CT molecular complexity index is 1240. The molecule has 0 radical (unpaired) electrons. The van der Waals surface area contributed by atoms with Crippen molar-refractivity contribution in [2.45, 2.75) is 6.42 Å². The fourth-order valence-corrected chi connectivity index (χ4v) is 3.69. The highest BCUT2D eigenvalue weighted by molar-refractivity contribution is 6.01. The number of ether oxygens (including phenoxy) is 3. The van der Waals surface area contributed by atoms with Gasteiger partial charge in [-0.15, -0.1) is 0 Å². The minimum atomic E-state index is -0.631. The summed E-state index contributed by atoms with van der Waals surface area (Å²) in [5, 5.41) is 0. The van der Waals surface area contributed by atoms with Gasteiger partial charge in [-0.25, -0.2) is 4.79 Å². The first-order valence-electron chi connectivity index (χ1n) is 11.0. The lowest BCUT2D eigenvalue weighted by molar-refractivity contribution is -0.147. The molecule has 0 spiro atoms. The topological polar surface area (TPSA) is 99.2 Å². The third kappa shape index (κ3) is 5.73. The van der Waals surface area contributed by atoms with Gasteiger partial charge in [-0.2, -0.15) is 0 Å². The zero-order chi connectivity index (χ0) is 24.8. The number of carbonyl (C=O) groups is 4. The molecule has 1 heterocycles. The average Bonchev–Trinajstić information content (AvgIpc) is 3.29. The number of para-hydroxylation sites is 1. The Morgan fingerprint density at radius 2 is 1.63 bits per heavy atom. The van der Waals surface area contributed by atoms with Crippen LogP contribution in [0.2, 0.25) is 0 Å². The van der Waals surface area contributed by atoms with Gasteiger partial charge >= 0.3 is 11.9 Å². The zero-order valence-electron chi connectivity index (χ0n) is 19.0. The molecule has 0 bridgehead atoms. The maximum atomic E-state index is 12.5. The molecule has 1 aliphatic heterocycles. The van der Waals surface area contributed by atoms with Crippen molar-refractivity contribution in [3.05, 3.63) is 90.0 Å². The average molecular weight is 473 g/mol. The monoisotopic (exact) mass is 473 g/mol. The number of rotatable bonds is 8. The van der Waals surface area contributed by atoms with Crippen LogP contribution in [0.4, 0.5) is 5.69 Å². The highest BCUT2D eigenvalue weighted by atomic mass is 16.5. The standard InChI is InChI=1S/C27H23NO7/c1-33-23-9-5-6-19(14-23)27(32)35-22-12-10-18(11-13-22)24(29)17-34-26(31)20-15-25(30)28(16-20)21-7-3-2-4-8-21/h2-14,20H,15-17H2,1H3/t20-/m1/s1. The number of benzene rings is 3. The minimum absolute atomic E-state index is 0.0370. The van der Waals surface area contributed by atoms with Crippen molar-refractivity contribution in [3.63, 3.8) is 0 Å². The number of anilines is 1. The number of ketones is 1. The number of esters is 2. The van der Waals surface area contributed by atoms with E-state index in [-0.39, 0.29) is 24.6 Å². The minimum Gasteiger partial charge on any atom is -0.497 e. The SMILES string of the molecule is COc1cccc(C(=O)Oc2ccc(C(=O)COC(=O)[C@@H]3CC(=O)N(c4ccccc4)C3)cc2)c1. The molecule has 0 N–H and O–H groups in total. The van der Waals surface area contributed by atoms with Crippen molar-refractivity contribution < 1.29 is 33.4 Å². The molecule has 0 aliphatic carbocycles. The summed E-state index contributed by atoms with van der Waals surface area (Å²) in [6.07, 6.45) is 0.0370. The van der Waals surface area contributed by atoms with Gasteiger partial charge in [-0.3, -0.25) is 14.4 Å². The number of amides is 1. The number of nitrogens with zero attached hydrogens (tertiary/aromatic N) is 1. The van der Waals surface area contributed by atoms with Crippen LogP contribution in [-0.4, -0.2) is 43.9 Å². The highest BCUT2D eigenvalue weighted by Crippen LogP contribution is 2.25. The third-order valence-corrected chi connectivity index (χ3v) is 5.56. The van der Waals surface area contributed by atoms with E-state index in [1.54, 1.807) is 41.3 Å². The Hall–Kier alpha value is -4.46. The van der Waals surface area contributed by atoms with Crippen LogP contribution in [0, 0.1) is 5.92 Å². The summed E-state index contributed by atoms with van der Waals surface area (Å²) in [5.74, 6) is -1.56. The van der Waals surface area contributed by atoms with E-state index in [2.05, 4.69) is 0 Å². The quantitative estimate of drug-likeness (QED) is 0.279. The molecule has 1 aliphatic rings. The van der Waals surface area contributed by atoms with E-state index in [0.29, 0.717) is 16.9 Å². The second kappa shape index (κ2) is 10.6. The largest absolute Gasteiger partial charge is 0.497 e. The van der Waals surface area contributed by atoms with E-state index >= 15 is 0 Å². The number of hydrogen-bond donors (Lipinski definition) is 0. The maximum absolute atomic E-state index is 12.5. The molecule has 1 atom stereocenters. The Kier molecular flexibility index (Phi) is 7.21. The van der Waals surface area contributed by atoms with E-state index in [1.807, 2.05) is 18.2 Å². The number of Topliss-reactive ketones (excluding diaryl/α,β-unsaturated/α-hetero) is 1. The predicted molar refractivity (Wildman–Crippen MR) is 127 cm³/mol. The summed E-state index contributed by atoms with van der Waals surface area (Å²) in [6.45, 7) is -0.235. The van der Waals surface area contributed by atoms with E-state index in [1.165, 1.54) is 31.4 Å². The molecular weight excluding hydrogens is 450 g/mol. The van der Waals surface area contributed by atoms with Gasteiger partial charge in [0.15, 0.2) is 12.4 Å². The summed E-state index contributed by atoms with van der Waals surface area (Å²) in [4.78, 5) is 51.0. The van der Waals surface area contributed by atoms with E-state index in [9.17, 15) is 19.2 Å². The van der Waals surface area contributed by atoms with Gasteiger partial charge in [-0.1, -0.05) is 24.3 Å². The summed E-state index contributed by atoms with van der Waals surface area (Å²) in [7, 11) is 1.50. The molecule has 3 aromatic carbocycles. The van der Waals surface area contributed by atoms with Gasteiger partial charge in [0.25, 0.3) is 0 Å². The molecule has 178 valence electrons. The van der Waals surface area contributed by atoms with Gasteiger partial charge in [0.2, 0.25) is 5.91 Å². The smallest absolute Gasteiger partial charge is 0.343 e. The van der Waals surface area contributed by atoms with Gasteiger partial charge < -0.3 is 19.1 Å². The van der Waals surface area contributed by atoms with Crippen LogP contribution in [0.15, 0.2) is 78.9 Å². The van der Waals surface area contributed by atoms with Crippen molar-refractivity contribution in [2.24, 2.45) is 5.92 Å². The molecule has 1 amide bonds. The summed E-state index contributed by atoms with van der Waals surface area (Å²) >= 11 is 0. The molecule has 1 saturated heterocycles. The van der Waals surface area contributed by atoms with Gasteiger partial charge in [-0.05, 0) is 54.6 Å². The lowest BCUT2D eigenvalue weighted by atomic mass is 10.1. The molecule has 8 heteroatoms. The lowest BCUT2D eigenvalue weighted by Crippen LogP contribution is -2.27. The van der Waals surface area contributed by atoms with Gasteiger partial charge in [0, 0.05) is 24.2 Å². The molecule has 1 fully saturated rings. The molecule has 8 nitrogen and oxygen atoms in total. The first-order chi connectivity index (χ1) is 16.9. The lowest BCUT2D eigenvalue weighted by Gasteiger charge is -2.16. The van der Waals surface area contributed by atoms with Crippen LogP contribution in [0.5, 0.6) is 11.5 Å². The molecular formula is C27H23NO7. The number of carbonyl (C=O) groups excluding carboxylic acids is 4. The highest BCUT2D eigenvalue weighted by Gasteiger charge is 2.36. The number of methoxy groups -OCH3 is 1. The fraction of sp³-hybridized carbons (Fsp3) is 0.185. The van der Waals surface area contributed by atoms with Crippen molar-refractivity contribution in [3.8, 4) is 11.5 Å². The van der Waals surface area contributed by atoms with Gasteiger partial charge in [0.05, 0.1) is 18.6 Å². The Balaban J connectivity index is 1.29. The summed E-state index contributed by atoms with van der Waals surface area (Å²) < 4.78 is 15.6. The second-order valence-corrected chi connectivity index (χ2v) is 7.92. The maximum Gasteiger partial charge on any atom is 0.343 e. The Morgan fingerprint density at radius 1 is 0.886 bits per heavy atom. The molecule has 0 unspecified atom stereocenters. The van der Waals surface area contributed by atoms with E-state index in [4.69, 9.17) is 14.2 Å². The molecule has 0 saturated carbocycles. The summed E-state index contributed by atoms with van der Waals surface area (Å²) in [5.41, 5.74) is 1.34. The van der Waals surface area contributed by atoms with Crippen LogP contribution in [0.1, 0.15) is 27.1 Å². The molecule has 3 aromatic rings. The van der Waals surface area contributed by atoms with Gasteiger partial charge in [0.1, 0.15) is 11.5 Å². The Morgan fingerprint density at radius 3 is 2.34 bits per heavy atom. The van der Waals surface area contributed by atoms with Crippen LogP contribution in [-0.2, 0) is 14.3 Å². The third-order valence-electron chi connectivity index (χ3n) is 5.56. The normalized spacial score (nSPS) is 14.9. The Labute approximate surface area is 202 Å². The van der Waals surface area contributed by atoms with E-state index in [0.717, 1.165) is 5.69 Å². The van der Waals surface area contributed by atoms with Crippen molar-refractivity contribution in [1.82, 2.24) is 0 Å². The van der Waals surface area contributed by atoms with Crippen LogP contribution >= 0.6 is 0 Å². The number of hydrogen-bond acceptors (Lipinski definition) is 7. The van der Waals surface area contributed by atoms with Crippen molar-refractivity contribution in [1.29, 1.82) is 0 Å². The zero-order valence-corrected chi connectivity index (χ0v) is 19.0. The first kappa shape index (κ1) is 23.7. The molecule has 4 rings (SSSR count). The van der Waals surface area contributed by atoms with Crippen LogP contribution < -0.4 is 14.4 Å². The predicted octanol–water partition coefficient (Wildman–Crippen LogP) is 3.69. The van der Waals surface area contributed by atoms with Crippen molar-refractivity contribution in [2.75, 3.05) is 25.2 Å². The fourth-order valence-electron chi connectivity index (χ4n) is 3.69. The van der Waals surface area contributed by atoms with Crippen LogP contribution in [0.3, 0.4) is 0 Å². The first-order valence-corrected chi connectivity index (χ1v) is 11.0. The molecule has 35 heavy (non-hydrogen) atoms. The van der Waals surface area contributed by atoms with Crippen molar-refractivity contribution >= 4 is 29.3 Å². The summed E-state index contributed by atoms with van der Waals surface area (Å²) in [6, 6.07) is 21.6.